The Balaban J connectivity index is 1.73. The van der Waals surface area contributed by atoms with E-state index in [1.807, 2.05) is 0 Å². The molecule has 149 valence electrons. The second-order valence-corrected chi connectivity index (χ2v) is 7.35. The van der Waals surface area contributed by atoms with E-state index in [4.69, 9.17) is 0 Å². The van der Waals surface area contributed by atoms with Gasteiger partial charge in [-0.25, -0.2) is 13.8 Å². The van der Waals surface area contributed by atoms with Crippen molar-refractivity contribution in [3.8, 4) is 0 Å². The molecule has 2 heterocycles. The number of fused-ring (bicyclic) bond motifs is 2. The molecule has 4 aromatic rings. The minimum Gasteiger partial charge on any atom is -0.363 e. The summed E-state index contributed by atoms with van der Waals surface area (Å²) in [7, 11) is 0. The van der Waals surface area contributed by atoms with Crippen molar-refractivity contribution in [2.75, 3.05) is 0 Å². The lowest BCUT2D eigenvalue weighted by Gasteiger charge is -2.39. The van der Waals surface area contributed by atoms with Gasteiger partial charge in [0.15, 0.2) is 12.1 Å². The predicted octanol–water partition coefficient (Wildman–Crippen LogP) is 4.05. The number of carbonyl (C=O) groups is 1. The van der Waals surface area contributed by atoms with E-state index in [-0.39, 0.29) is 5.56 Å². The highest BCUT2D eigenvalue weighted by Crippen LogP contribution is 2.47. The molecule has 1 aliphatic heterocycles. The summed E-state index contributed by atoms with van der Waals surface area (Å²) in [5.41, 5.74) is 0.839. The lowest BCUT2D eigenvalue weighted by atomic mass is 9.92. The number of rotatable bonds is 3. The van der Waals surface area contributed by atoms with Crippen molar-refractivity contribution >= 4 is 16.9 Å². The molecule has 2 unspecified atom stereocenters. The Kier molecular flexibility index (Phi) is 3.98. The number of aromatic nitrogens is 2. The van der Waals surface area contributed by atoms with Crippen LogP contribution in [0.2, 0.25) is 0 Å². The van der Waals surface area contributed by atoms with Crippen LogP contribution in [0.4, 0.5) is 8.78 Å². The summed E-state index contributed by atoms with van der Waals surface area (Å²) in [5.74, 6) is -1.94. The van der Waals surface area contributed by atoms with Crippen molar-refractivity contribution in [3.63, 3.8) is 0 Å². The van der Waals surface area contributed by atoms with E-state index >= 15 is 0 Å². The largest absolute Gasteiger partial charge is 0.363 e. The van der Waals surface area contributed by atoms with Gasteiger partial charge in [0, 0.05) is 22.8 Å². The van der Waals surface area contributed by atoms with Gasteiger partial charge in [-0.15, -0.1) is 0 Å². The van der Waals surface area contributed by atoms with Gasteiger partial charge >= 0.3 is 0 Å². The van der Waals surface area contributed by atoms with Gasteiger partial charge in [0.2, 0.25) is 0 Å². The molecule has 0 bridgehead atoms. The van der Waals surface area contributed by atoms with Crippen molar-refractivity contribution in [1.82, 2.24) is 14.9 Å². The van der Waals surface area contributed by atoms with Crippen LogP contribution >= 0.6 is 0 Å². The Hall–Kier alpha value is -3.58. The lowest BCUT2D eigenvalue weighted by molar-refractivity contribution is -0.0677. The third-order valence-electron chi connectivity index (χ3n) is 5.62. The second-order valence-electron chi connectivity index (χ2n) is 7.35. The van der Waals surface area contributed by atoms with Crippen molar-refractivity contribution in [2.24, 2.45) is 0 Å². The number of nitrogens with one attached hydrogen (secondary N) is 1. The number of amides is 1. The Bertz CT molecular complexity index is 1280. The van der Waals surface area contributed by atoms with Crippen LogP contribution < -0.4 is 0 Å². The second kappa shape index (κ2) is 6.47. The minimum atomic E-state index is -1.84. The first-order chi connectivity index (χ1) is 14.4. The van der Waals surface area contributed by atoms with E-state index in [0.717, 1.165) is 23.7 Å². The van der Waals surface area contributed by atoms with E-state index in [2.05, 4.69) is 16.3 Å². The van der Waals surface area contributed by atoms with Crippen molar-refractivity contribution in [3.05, 3.63) is 101 Å². The zero-order valence-corrected chi connectivity index (χ0v) is 15.9. The van der Waals surface area contributed by atoms with E-state index in [1.165, 1.54) is 4.90 Å². The molecule has 0 spiro atoms. The van der Waals surface area contributed by atoms with Crippen molar-refractivity contribution in [1.29, 1.82) is 0 Å². The molecule has 1 amide bonds. The number of hydrogen-bond acceptors (Lipinski definition) is 3. The zero-order valence-electron chi connectivity index (χ0n) is 15.9. The number of benzene rings is 3. The molecular weight excluding hydrogens is 388 g/mol. The Morgan fingerprint density at radius 2 is 1.83 bits per heavy atom. The number of aromatic amines is 1. The molecule has 1 radical (unpaired) electrons. The molecule has 3 aromatic carbocycles. The molecule has 30 heavy (non-hydrogen) atoms. The Morgan fingerprint density at radius 1 is 1.10 bits per heavy atom. The number of aliphatic hydroxyl groups is 1. The fourth-order valence-corrected chi connectivity index (χ4v) is 4.19. The number of carbonyl (C=O) groups excluding carboxylic acids is 1. The summed E-state index contributed by atoms with van der Waals surface area (Å²) in [6.07, 6.45) is 2.65. The average Bonchev–Trinajstić information content (AvgIpc) is 3.28. The molecule has 5 rings (SSSR count). The smallest absolute Gasteiger partial charge is 0.257 e. The molecule has 2 atom stereocenters. The molecule has 0 aliphatic carbocycles. The monoisotopic (exact) mass is 404 g/mol. The normalized spacial score (nSPS) is 19.3. The number of imidazole rings is 1. The van der Waals surface area contributed by atoms with Crippen molar-refractivity contribution in [2.45, 2.75) is 18.7 Å². The molecule has 2 N–H and O–H groups in total. The van der Waals surface area contributed by atoms with Gasteiger partial charge in [-0.2, -0.15) is 0 Å². The van der Waals surface area contributed by atoms with Gasteiger partial charge in [-0.1, -0.05) is 24.3 Å². The highest BCUT2D eigenvalue weighted by atomic mass is 19.1. The van der Waals surface area contributed by atoms with Gasteiger partial charge in [0.1, 0.15) is 11.6 Å². The minimum absolute atomic E-state index is 0.237. The average molecular weight is 404 g/mol. The maximum absolute atomic E-state index is 13.9. The highest BCUT2D eigenvalue weighted by molar-refractivity contribution is 6.00. The lowest BCUT2D eigenvalue weighted by Crippen LogP contribution is -2.46. The molecule has 5 nitrogen and oxygen atoms in total. The SMILES string of the molecule is CC(c1cc(F)cc(F)c1)N1C(=O)c2ccccc2C1(O)c1ccc2[nH][c]nc2c1. The molecule has 1 aliphatic rings. The van der Waals surface area contributed by atoms with Crippen LogP contribution in [0.3, 0.4) is 0 Å². The highest BCUT2D eigenvalue weighted by Gasteiger charge is 2.52. The summed E-state index contributed by atoms with van der Waals surface area (Å²) in [6.45, 7) is 1.63. The molecule has 7 heteroatoms. The third-order valence-corrected chi connectivity index (χ3v) is 5.62. The van der Waals surface area contributed by atoms with Gasteiger partial charge < -0.3 is 10.1 Å². The topological polar surface area (TPSA) is 69.2 Å². The first-order valence-corrected chi connectivity index (χ1v) is 9.37. The summed E-state index contributed by atoms with van der Waals surface area (Å²) in [6, 6.07) is 14.1. The molecule has 0 saturated carbocycles. The molecule has 0 saturated heterocycles. The fourth-order valence-electron chi connectivity index (χ4n) is 4.19. The first kappa shape index (κ1) is 18.4. The number of hydrogen-bond donors (Lipinski definition) is 2. The third kappa shape index (κ3) is 2.55. The van der Waals surface area contributed by atoms with Crippen LogP contribution in [-0.2, 0) is 5.72 Å². The van der Waals surface area contributed by atoms with E-state index in [0.29, 0.717) is 22.2 Å². The summed E-state index contributed by atoms with van der Waals surface area (Å²) in [4.78, 5) is 21.6. The van der Waals surface area contributed by atoms with Crippen molar-refractivity contribution < 1.29 is 18.7 Å². The first-order valence-electron chi connectivity index (χ1n) is 9.37. The van der Waals surface area contributed by atoms with Crippen LogP contribution in [0.25, 0.3) is 11.0 Å². The quantitative estimate of drug-likeness (QED) is 0.541. The van der Waals surface area contributed by atoms with E-state index in [9.17, 15) is 18.7 Å². The summed E-state index contributed by atoms with van der Waals surface area (Å²) < 4.78 is 27.7. The van der Waals surface area contributed by atoms with Crippen LogP contribution in [-0.4, -0.2) is 25.9 Å². The van der Waals surface area contributed by atoms with Crippen LogP contribution in [0, 0.1) is 18.0 Å². The molecule has 1 aromatic heterocycles. The Morgan fingerprint density at radius 3 is 2.60 bits per heavy atom. The number of H-pyrrole nitrogens is 1. The standard InChI is InChI=1S/C23H16F2N3O2/c1-13(14-8-16(24)11-17(25)9-14)28-22(29)18-4-2-3-5-19(18)23(28,30)15-6-7-20-21(10-15)27-12-26-20/h2-11,13,30H,1H3,(H,26,27). The zero-order chi connectivity index (χ0) is 21.0. The number of halogens is 2. The Labute approximate surface area is 170 Å². The predicted molar refractivity (Wildman–Crippen MR) is 105 cm³/mol. The fraction of sp³-hybridized carbons (Fsp3) is 0.130. The number of nitrogens with zero attached hydrogens (tertiary/aromatic N) is 2. The maximum Gasteiger partial charge on any atom is 0.257 e. The van der Waals surface area contributed by atoms with E-state index in [1.54, 1.807) is 49.4 Å². The van der Waals surface area contributed by atoms with Crippen LogP contribution in [0.15, 0.2) is 60.7 Å². The van der Waals surface area contributed by atoms with E-state index < -0.39 is 29.3 Å². The van der Waals surface area contributed by atoms with Gasteiger partial charge in [0.25, 0.3) is 5.91 Å². The van der Waals surface area contributed by atoms with Gasteiger partial charge in [0.05, 0.1) is 17.1 Å². The van der Waals surface area contributed by atoms with Gasteiger partial charge in [-0.05, 0) is 42.8 Å². The van der Waals surface area contributed by atoms with Crippen LogP contribution in [0.5, 0.6) is 0 Å². The summed E-state index contributed by atoms with van der Waals surface area (Å²) >= 11 is 0. The molecular formula is C23H16F2N3O2. The summed E-state index contributed by atoms with van der Waals surface area (Å²) in [5, 5.41) is 12.0. The molecule has 0 fully saturated rings. The van der Waals surface area contributed by atoms with Crippen LogP contribution in [0.1, 0.15) is 40.0 Å². The maximum atomic E-state index is 13.9. The van der Waals surface area contributed by atoms with Gasteiger partial charge in [-0.3, -0.25) is 9.69 Å².